The molecule has 2 rings (SSSR count). The number of ether oxygens (including phenoxy) is 1. The first-order valence-electron chi connectivity index (χ1n) is 7.23. The SMILES string of the molecule is COc1ccc(NC(C)=O)cc1NC(=O)NCc1ccc(Cl)cc1. The zero-order chi connectivity index (χ0) is 17.5. The van der Waals surface area contributed by atoms with Crippen LogP contribution in [0, 0.1) is 0 Å². The molecule has 0 bridgehead atoms. The molecule has 126 valence electrons. The van der Waals surface area contributed by atoms with Crippen molar-refractivity contribution in [2.24, 2.45) is 0 Å². The minimum atomic E-state index is -0.386. The second kappa shape index (κ2) is 8.21. The molecular formula is C17H18ClN3O3. The number of nitrogens with one attached hydrogen (secondary N) is 3. The number of amides is 3. The van der Waals surface area contributed by atoms with Crippen molar-refractivity contribution in [2.45, 2.75) is 13.5 Å². The molecule has 3 amide bonds. The number of halogens is 1. The molecule has 0 saturated heterocycles. The van der Waals surface area contributed by atoms with E-state index in [1.54, 1.807) is 30.3 Å². The number of carbonyl (C=O) groups excluding carboxylic acids is 2. The summed E-state index contributed by atoms with van der Waals surface area (Å²) in [5.41, 5.74) is 1.95. The lowest BCUT2D eigenvalue weighted by molar-refractivity contribution is -0.114. The van der Waals surface area contributed by atoms with E-state index in [1.807, 2.05) is 12.1 Å². The number of methoxy groups -OCH3 is 1. The van der Waals surface area contributed by atoms with Gasteiger partial charge in [0.05, 0.1) is 12.8 Å². The van der Waals surface area contributed by atoms with E-state index in [0.717, 1.165) is 5.56 Å². The Morgan fingerprint density at radius 2 is 1.79 bits per heavy atom. The van der Waals surface area contributed by atoms with Gasteiger partial charge in [0.15, 0.2) is 0 Å². The van der Waals surface area contributed by atoms with Crippen LogP contribution in [-0.4, -0.2) is 19.0 Å². The van der Waals surface area contributed by atoms with Gasteiger partial charge in [0.2, 0.25) is 5.91 Å². The highest BCUT2D eigenvalue weighted by Gasteiger charge is 2.09. The second-order valence-corrected chi connectivity index (χ2v) is 5.47. The first kappa shape index (κ1) is 17.6. The number of rotatable bonds is 5. The second-order valence-electron chi connectivity index (χ2n) is 5.03. The molecule has 0 aliphatic heterocycles. The van der Waals surface area contributed by atoms with E-state index >= 15 is 0 Å². The Balaban J connectivity index is 2.01. The lowest BCUT2D eigenvalue weighted by atomic mass is 10.2. The summed E-state index contributed by atoms with van der Waals surface area (Å²) in [7, 11) is 1.50. The Hall–Kier alpha value is -2.73. The average Bonchev–Trinajstić information content (AvgIpc) is 2.54. The molecule has 2 aromatic carbocycles. The average molecular weight is 348 g/mol. The molecule has 0 aliphatic carbocycles. The van der Waals surface area contributed by atoms with Crippen molar-refractivity contribution in [3.8, 4) is 5.75 Å². The van der Waals surface area contributed by atoms with Crippen molar-refractivity contribution in [3.63, 3.8) is 0 Å². The molecule has 0 atom stereocenters. The van der Waals surface area contributed by atoms with E-state index in [0.29, 0.717) is 28.7 Å². The Kier molecular flexibility index (Phi) is 6.03. The number of hydrogen-bond acceptors (Lipinski definition) is 3. The minimum absolute atomic E-state index is 0.196. The highest BCUT2D eigenvalue weighted by atomic mass is 35.5. The van der Waals surface area contributed by atoms with E-state index in [9.17, 15) is 9.59 Å². The standard InChI is InChI=1S/C17H18ClN3O3/c1-11(22)20-14-7-8-16(24-2)15(9-14)21-17(23)19-10-12-3-5-13(18)6-4-12/h3-9H,10H2,1-2H3,(H,20,22)(H2,19,21,23). The Morgan fingerprint density at radius 1 is 1.08 bits per heavy atom. The summed E-state index contributed by atoms with van der Waals surface area (Å²) >= 11 is 5.82. The fourth-order valence-corrected chi connectivity index (χ4v) is 2.16. The van der Waals surface area contributed by atoms with Gasteiger partial charge in [-0.3, -0.25) is 4.79 Å². The van der Waals surface area contributed by atoms with Gasteiger partial charge in [0.25, 0.3) is 0 Å². The Bertz CT molecular complexity index is 732. The van der Waals surface area contributed by atoms with Gasteiger partial charge in [-0.05, 0) is 35.9 Å². The topological polar surface area (TPSA) is 79.5 Å². The molecular weight excluding hydrogens is 330 g/mol. The van der Waals surface area contributed by atoms with Gasteiger partial charge in [-0.1, -0.05) is 23.7 Å². The van der Waals surface area contributed by atoms with Crippen LogP contribution in [0.5, 0.6) is 5.75 Å². The molecule has 0 unspecified atom stereocenters. The maximum atomic E-state index is 12.1. The quantitative estimate of drug-likeness (QED) is 0.772. The minimum Gasteiger partial charge on any atom is -0.495 e. The summed E-state index contributed by atoms with van der Waals surface area (Å²) in [4.78, 5) is 23.2. The van der Waals surface area contributed by atoms with Gasteiger partial charge in [0, 0.05) is 24.2 Å². The van der Waals surface area contributed by atoms with E-state index < -0.39 is 0 Å². The molecule has 0 heterocycles. The van der Waals surface area contributed by atoms with Crippen LogP contribution < -0.4 is 20.7 Å². The molecule has 0 spiro atoms. The van der Waals surface area contributed by atoms with Crippen molar-refractivity contribution in [3.05, 3.63) is 53.1 Å². The predicted octanol–water partition coefficient (Wildman–Crippen LogP) is 3.63. The van der Waals surface area contributed by atoms with Gasteiger partial charge in [-0.15, -0.1) is 0 Å². The van der Waals surface area contributed by atoms with Crippen molar-refractivity contribution in [1.82, 2.24) is 5.32 Å². The maximum absolute atomic E-state index is 12.1. The third kappa shape index (κ3) is 5.17. The van der Waals surface area contributed by atoms with E-state index in [2.05, 4.69) is 16.0 Å². The number of hydrogen-bond donors (Lipinski definition) is 3. The number of benzene rings is 2. The van der Waals surface area contributed by atoms with Crippen molar-refractivity contribution in [2.75, 3.05) is 17.7 Å². The summed E-state index contributed by atoms with van der Waals surface area (Å²) in [6.07, 6.45) is 0. The van der Waals surface area contributed by atoms with Crippen molar-refractivity contribution < 1.29 is 14.3 Å². The van der Waals surface area contributed by atoms with Crippen LogP contribution in [0.2, 0.25) is 5.02 Å². The van der Waals surface area contributed by atoms with Crippen LogP contribution in [-0.2, 0) is 11.3 Å². The van der Waals surface area contributed by atoms with Gasteiger partial charge < -0.3 is 20.7 Å². The van der Waals surface area contributed by atoms with Crippen LogP contribution in [0.15, 0.2) is 42.5 Å². The van der Waals surface area contributed by atoms with E-state index in [4.69, 9.17) is 16.3 Å². The molecule has 3 N–H and O–H groups in total. The van der Waals surface area contributed by atoms with Crippen LogP contribution >= 0.6 is 11.6 Å². The van der Waals surface area contributed by atoms with E-state index in [1.165, 1.54) is 14.0 Å². The number of urea groups is 1. The fourth-order valence-electron chi connectivity index (χ4n) is 2.04. The normalized spacial score (nSPS) is 9.96. The first-order chi connectivity index (χ1) is 11.5. The number of anilines is 2. The fraction of sp³-hybridized carbons (Fsp3) is 0.176. The highest BCUT2D eigenvalue weighted by molar-refractivity contribution is 6.30. The molecule has 0 radical (unpaired) electrons. The predicted molar refractivity (Wildman–Crippen MR) is 94.6 cm³/mol. The summed E-state index contributed by atoms with van der Waals surface area (Å²) < 4.78 is 5.21. The zero-order valence-electron chi connectivity index (χ0n) is 13.4. The third-order valence-corrected chi connectivity index (χ3v) is 3.39. The molecule has 0 aliphatic rings. The van der Waals surface area contributed by atoms with Crippen LogP contribution in [0.1, 0.15) is 12.5 Å². The molecule has 0 fully saturated rings. The van der Waals surface area contributed by atoms with Gasteiger partial charge in [-0.25, -0.2) is 4.79 Å². The molecule has 0 saturated carbocycles. The lowest BCUT2D eigenvalue weighted by Gasteiger charge is -2.13. The summed E-state index contributed by atoms with van der Waals surface area (Å²) in [6.45, 7) is 1.77. The van der Waals surface area contributed by atoms with Crippen LogP contribution in [0.3, 0.4) is 0 Å². The molecule has 0 aromatic heterocycles. The lowest BCUT2D eigenvalue weighted by Crippen LogP contribution is -2.28. The largest absolute Gasteiger partial charge is 0.495 e. The molecule has 6 nitrogen and oxygen atoms in total. The summed E-state index contributed by atoms with van der Waals surface area (Å²) in [5.74, 6) is 0.295. The number of carbonyl (C=O) groups is 2. The smallest absolute Gasteiger partial charge is 0.319 e. The Labute approximate surface area is 145 Å². The van der Waals surface area contributed by atoms with Gasteiger partial charge >= 0.3 is 6.03 Å². The maximum Gasteiger partial charge on any atom is 0.319 e. The van der Waals surface area contributed by atoms with Gasteiger partial charge in [-0.2, -0.15) is 0 Å². The highest BCUT2D eigenvalue weighted by Crippen LogP contribution is 2.27. The molecule has 24 heavy (non-hydrogen) atoms. The summed E-state index contributed by atoms with van der Waals surface area (Å²) in [5, 5.41) is 8.74. The van der Waals surface area contributed by atoms with E-state index in [-0.39, 0.29) is 11.9 Å². The first-order valence-corrected chi connectivity index (χ1v) is 7.60. The Morgan fingerprint density at radius 3 is 2.42 bits per heavy atom. The summed E-state index contributed by atoms with van der Waals surface area (Å²) in [6, 6.07) is 11.8. The molecule has 2 aromatic rings. The third-order valence-electron chi connectivity index (χ3n) is 3.13. The van der Waals surface area contributed by atoms with Crippen LogP contribution in [0.4, 0.5) is 16.2 Å². The monoisotopic (exact) mass is 347 g/mol. The molecule has 7 heteroatoms. The van der Waals surface area contributed by atoms with Crippen molar-refractivity contribution >= 4 is 34.9 Å². The zero-order valence-corrected chi connectivity index (χ0v) is 14.1. The van der Waals surface area contributed by atoms with Gasteiger partial charge in [0.1, 0.15) is 5.75 Å². The van der Waals surface area contributed by atoms with Crippen molar-refractivity contribution in [1.29, 1.82) is 0 Å². The van der Waals surface area contributed by atoms with Crippen LogP contribution in [0.25, 0.3) is 0 Å².